The van der Waals surface area contributed by atoms with Crippen molar-refractivity contribution >= 4 is 22.5 Å². The van der Waals surface area contributed by atoms with E-state index in [1.54, 1.807) is 18.0 Å². The van der Waals surface area contributed by atoms with Crippen molar-refractivity contribution in [1.29, 1.82) is 0 Å². The van der Waals surface area contributed by atoms with Crippen LogP contribution in [-0.2, 0) is 11.2 Å². The maximum atomic E-state index is 12.6. The lowest BCUT2D eigenvalue weighted by atomic mass is 10.0. The third-order valence-electron chi connectivity index (χ3n) is 5.05. The smallest absolute Gasteiger partial charge is 0.269 e. The molecule has 1 unspecified atom stereocenters. The minimum absolute atomic E-state index is 0.0360. The first-order valence-electron chi connectivity index (χ1n) is 9.02. The third kappa shape index (κ3) is 4.16. The largest absolute Gasteiger partial charge is 0.361 e. The van der Waals surface area contributed by atoms with Gasteiger partial charge in [-0.25, -0.2) is 0 Å². The summed E-state index contributed by atoms with van der Waals surface area (Å²) in [6.07, 6.45) is 4.03. The van der Waals surface area contributed by atoms with Gasteiger partial charge in [0.1, 0.15) is 0 Å². The molecule has 1 aromatic heterocycles. The molecule has 6 nitrogen and oxygen atoms in total. The highest BCUT2D eigenvalue weighted by molar-refractivity contribution is 5.83. The van der Waals surface area contributed by atoms with Crippen LogP contribution in [0.25, 0.3) is 10.9 Å². The van der Waals surface area contributed by atoms with Crippen LogP contribution in [0.2, 0.25) is 0 Å². The van der Waals surface area contributed by atoms with Crippen molar-refractivity contribution in [2.45, 2.75) is 32.2 Å². The van der Waals surface area contributed by atoms with Crippen LogP contribution in [0.15, 0.2) is 54.7 Å². The van der Waals surface area contributed by atoms with Crippen LogP contribution in [0.4, 0.5) is 5.69 Å². The Hall–Kier alpha value is -3.15. The van der Waals surface area contributed by atoms with E-state index in [4.69, 9.17) is 0 Å². The first-order chi connectivity index (χ1) is 13.0. The molecule has 1 N–H and O–H groups in total. The number of carbonyl (C=O) groups is 1. The molecule has 1 heterocycles. The SMILES string of the molecule is CC(c1cccc([N+](=O)[O-])c1)N(C)C(=O)CCCc1c[nH]c2ccccc12. The summed E-state index contributed by atoms with van der Waals surface area (Å²) in [6.45, 7) is 1.89. The van der Waals surface area contributed by atoms with Crippen molar-refractivity contribution in [2.75, 3.05) is 7.05 Å². The number of aromatic amines is 1. The number of nitrogens with one attached hydrogen (secondary N) is 1. The highest BCUT2D eigenvalue weighted by Crippen LogP contribution is 2.24. The molecule has 2 aromatic carbocycles. The summed E-state index contributed by atoms with van der Waals surface area (Å²) in [5.74, 6) is 0.0360. The number of H-pyrrole nitrogens is 1. The quantitative estimate of drug-likeness (QED) is 0.490. The number of aromatic nitrogens is 1. The standard InChI is InChI=1S/C21H23N3O3/c1-15(16-7-5-9-18(13-16)24(26)27)23(2)21(25)12-6-8-17-14-22-20-11-4-3-10-19(17)20/h3-5,7,9-11,13-15,22H,6,8,12H2,1-2H3. The van der Waals surface area contributed by atoms with Gasteiger partial charge in [0.05, 0.1) is 11.0 Å². The highest BCUT2D eigenvalue weighted by Gasteiger charge is 2.19. The highest BCUT2D eigenvalue weighted by atomic mass is 16.6. The number of nitrogens with zero attached hydrogens (tertiary/aromatic N) is 2. The molecule has 0 radical (unpaired) electrons. The van der Waals surface area contributed by atoms with Crippen molar-refractivity contribution in [3.05, 3.63) is 76.0 Å². The van der Waals surface area contributed by atoms with Crippen LogP contribution in [-0.4, -0.2) is 27.8 Å². The van der Waals surface area contributed by atoms with Crippen molar-refractivity contribution in [1.82, 2.24) is 9.88 Å². The monoisotopic (exact) mass is 365 g/mol. The van der Waals surface area contributed by atoms with Gasteiger partial charge in [-0.05, 0) is 37.0 Å². The Morgan fingerprint density at radius 3 is 2.78 bits per heavy atom. The fourth-order valence-corrected chi connectivity index (χ4v) is 3.28. The number of benzene rings is 2. The van der Waals surface area contributed by atoms with Gasteiger partial charge in [-0.2, -0.15) is 0 Å². The Kier molecular flexibility index (Phi) is 5.54. The van der Waals surface area contributed by atoms with Crippen molar-refractivity contribution in [3.63, 3.8) is 0 Å². The molecule has 0 aliphatic heterocycles. The summed E-state index contributed by atoms with van der Waals surface area (Å²) in [4.78, 5) is 28.0. The van der Waals surface area contributed by atoms with Gasteiger partial charge < -0.3 is 9.88 Å². The normalized spacial score (nSPS) is 12.1. The number of hydrogen-bond acceptors (Lipinski definition) is 3. The van der Waals surface area contributed by atoms with E-state index in [2.05, 4.69) is 11.1 Å². The Balaban J connectivity index is 1.58. The minimum Gasteiger partial charge on any atom is -0.361 e. The number of carbonyl (C=O) groups excluding carboxylic acids is 1. The number of hydrogen-bond donors (Lipinski definition) is 1. The number of nitro groups is 1. The predicted octanol–water partition coefficient (Wildman–Crippen LogP) is 4.62. The Labute approximate surface area is 158 Å². The number of non-ortho nitro benzene ring substituents is 1. The summed E-state index contributed by atoms with van der Waals surface area (Å²) in [5.41, 5.74) is 3.12. The average molecular weight is 365 g/mol. The summed E-state index contributed by atoms with van der Waals surface area (Å²) in [5, 5.41) is 12.1. The Morgan fingerprint density at radius 2 is 2.00 bits per heavy atom. The van der Waals surface area contributed by atoms with Gasteiger partial charge in [-0.3, -0.25) is 14.9 Å². The molecule has 0 saturated heterocycles. The molecule has 0 fully saturated rings. The minimum atomic E-state index is -0.417. The van der Waals surface area contributed by atoms with E-state index in [9.17, 15) is 14.9 Å². The average Bonchev–Trinajstić information content (AvgIpc) is 3.10. The molecule has 3 rings (SSSR count). The molecule has 1 atom stereocenters. The molecule has 3 aromatic rings. The number of para-hydroxylation sites is 1. The van der Waals surface area contributed by atoms with E-state index in [0.717, 1.165) is 23.9 Å². The van der Waals surface area contributed by atoms with Crippen LogP contribution in [0.5, 0.6) is 0 Å². The summed E-state index contributed by atoms with van der Waals surface area (Å²) >= 11 is 0. The zero-order valence-corrected chi connectivity index (χ0v) is 15.5. The lowest BCUT2D eigenvalue weighted by Gasteiger charge is -2.25. The third-order valence-corrected chi connectivity index (χ3v) is 5.05. The fourth-order valence-electron chi connectivity index (χ4n) is 3.28. The molecule has 27 heavy (non-hydrogen) atoms. The summed E-state index contributed by atoms with van der Waals surface area (Å²) in [6, 6.07) is 14.4. The maximum Gasteiger partial charge on any atom is 0.269 e. The second-order valence-electron chi connectivity index (χ2n) is 6.75. The zero-order chi connectivity index (χ0) is 19.4. The Bertz CT molecular complexity index is 964. The van der Waals surface area contributed by atoms with Gasteiger partial charge in [0.2, 0.25) is 5.91 Å². The molecular weight excluding hydrogens is 342 g/mol. The van der Waals surface area contributed by atoms with E-state index < -0.39 is 4.92 Å². The second-order valence-corrected chi connectivity index (χ2v) is 6.75. The lowest BCUT2D eigenvalue weighted by molar-refractivity contribution is -0.384. The number of aryl methyl sites for hydroxylation is 1. The number of amides is 1. The predicted molar refractivity (Wildman–Crippen MR) is 106 cm³/mol. The van der Waals surface area contributed by atoms with E-state index in [1.165, 1.54) is 23.1 Å². The van der Waals surface area contributed by atoms with Gasteiger partial charge in [0.25, 0.3) is 5.69 Å². The first-order valence-corrected chi connectivity index (χ1v) is 9.02. The van der Waals surface area contributed by atoms with Crippen molar-refractivity contribution in [3.8, 4) is 0 Å². The molecule has 0 bridgehead atoms. The van der Waals surface area contributed by atoms with E-state index in [0.29, 0.717) is 6.42 Å². The zero-order valence-electron chi connectivity index (χ0n) is 15.5. The van der Waals surface area contributed by atoms with Gasteiger partial charge in [0, 0.05) is 42.7 Å². The summed E-state index contributed by atoms with van der Waals surface area (Å²) < 4.78 is 0. The number of rotatable bonds is 7. The van der Waals surface area contributed by atoms with Crippen LogP contribution >= 0.6 is 0 Å². The van der Waals surface area contributed by atoms with Crippen molar-refractivity contribution < 1.29 is 9.72 Å². The van der Waals surface area contributed by atoms with Gasteiger partial charge in [0.15, 0.2) is 0 Å². The van der Waals surface area contributed by atoms with Crippen LogP contribution in [0.3, 0.4) is 0 Å². The second kappa shape index (κ2) is 8.03. The van der Waals surface area contributed by atoms with Gasteiger partial charge in [-0.15, -0.1) is 0 Å². The van der Waals surface area contributed by atoms with E-state index >= 15 is 0 Å². The molecule has 0 aliphatic carbocycles. The topological polar surface area (TPSA) is 79.2 Å². The van der Waals surface area contributed by atoms with E-state index in [-0.39, 0.29) is 17.6 Å². The molecule has 140 valence electrons. The van der Waals surface area contributed by atoms with Gasteiger partial charge in [-0.1, -0.05) is 30.3 Å². The maximum absolute atomic E-state index is 12.6. The van der Waals surface area contributed by atoms with Crippen LogP contribution < -0.4 is 0 Å². The molecule has 0 saturated carbocycles. The first kappa shape index (κ1) is 18.6. The molecule has 1 amide bonds. The summed E-state index contributed by atoms with van der Waals surface area (Å²) in [7, 11) is 1.75. The van der Waals surface area contributed by atoms with Crippen LogP contribution in [0, 0.1) is 10.1 Å². The van der Waals surface area contributed by atoms with Gasteiger partial charge >= 0.3 is 0 Å². The van der Waals surface area contributed by atoms with E-state index in [1.807, 2.05) is 37.4 Å². The Morgan fingerprint density at radius 1 is 1.22 bits per heavy atom. The molecular formula is C21H23N3O3. The van der Waals surface area contributed by atoms with Crippen molar-refractivity contribution in [2.24, 2.45) is 0 Å². The fraction of sp³-hybridized carbons (Fsp3) is 0.286. The number of nitro benzene ring substituents is 1. The molecule has 0 spiro atoms. The molecule has 0 aliphatic rings. The van der Waals surface area contributed by atoms with Crippen LogP contribution in [0.1, 0.15) is 36.9 Å². The number of fused-ring (bicyclic) bond motifs is 1. The lowest BCUT2D eigenvalue weighted by Crippen LogP contribution is -2.29. The molecule has 6 heteroatoms.